The highest BCUT2D eigenvalue weighted by Crippen LogP contribution is 2.38. The van der Waals surface area contributed by atoms with Crippen LogP contribution in [0.3, 0.4) is 0 Å². The molecular weight excluding hydrogens is 608 g/mol. The third kappa shape index (κ3) is 8.28. The molecule has 1 aromatic carbocycles. The van der Waals surface area contributed by atoms with Crippen molar-refractivity contribution >= 4 is 31.3 Å². The van der Waals surface area contributed by atoms with Crippen LogP contribution < -0.4 is 19.9 Å². The molecule has 0 aliphatic carbocycles. The predicted molar refractivity (Wildman–Crippen MR) is 167 cm³/mol. The van der Waals surface area contributed by atoms with Gasteiger partial charge < -0.3 is 24.6 Å². The Hall–Kier alpha value is -3.78. The minimum atomic E-state index is -4.84. The van der Waals surface area contributed by atoms with Crippen LogP contribution in [0, 0.1) is 5.82 Å². The minimum Gasteiger partial charge on any atom is -0.478 e. The topological polar surface area (TPSA) is 92.7 Å². The van der Waals surface area contributed by atoms with Crippen LogP contribution in [0.15, 0.2) is 36.8 Å². The molecule has 0 spiro atoms. The van der Waals surface area contributed by atoms with Gasteiger partial charge in [-0.1, -0.05) is 19.6 Å². The van der Waals surface area contributed by atoms with Crippen LogP contribution in [0.5, 0.6) is 5.88 Å². The molecule has 0 atom stereocenters. The Morgan fingerprint density at radius 1 is 0.956 bits per heavy atom. The summed E-state index contributed by atoms with van der Waals surface area (Å²) in [6.07, 6.45) is 1.78. The van der Waals surface area contributed by atoms with Crippen LogP contribution in [0.4, 0.5) is 34.9 Å². The van der Waals surface area contributed by atoms with Crippen LogP contribution in [0.2, 0.25) is 25.7 Å². The normalized spacial score (nSPS) is 16.1. The number of morpholine rings is 1. The van der Waals surface area contributed by atoms with Crippen LogP contribution in [-0.2, 0) is 10.9 Å². The molecule has 3 aromatic rings. The number of carbonyl (C=O) groups is 1. The van der Waals surface area contributed by atoms with Crippen molar-refractivity contribution in [3.05, 3.63) is 53.7 Å². The number of piperidine rings is 1. The number of amides is 1. The number of hydrogen-bond donors (Lipinski definition) is 1. The summed E-state index contributed by atoms with van der Waals surface area (Å²) in [7, 11) is -1.48. The summed E-state index contributed by atoms with van der Waals surface area (Å²) in [5.74, 6) is -1.29. The van der Waals surface area contributed by atoms with Crippen molar-refractivity contribution in [2.45, 2.75) is 51.1 Å². The molecule has 0 bridgehead atoms. The Morgan fingerprint density at radius 3 is 2.29 bits per heavy atom. The molecule has 0 saturated carbocycles. The molecule has 0 unspecified atom stereocenters. The SMILES string of the molecule is C[Si](C)(C)CCOc1cc(C(F)(F)F)c(C(=O)Nc2cc(-c3cnc(N4CCOCC4)nc3)c(F)cc2N2CCCCC2)cn1. The Labute approximate surface area is 261 Å². The number of pyridine rings is 1. The molecule has 14 heteroatoms. The fourth-order valence-corrected chi connectivity index (χ4v) is 5.96. The zero-order valence-electron chi connectivity index (χ0n) is 25.7. The maximum absolute atomic E-state index is 15.6. The predicted octanol–water partition coefficient (Wildman–Crippen LogP) is 6.49. The van der Waals surface area contributed by atoms with E-state index in [-0.39, 0.29) is 23.7 Å². The molecule has 4 heterocycles. The quantitative estimate of drug-likeness (QED) is 0.208. The molecule has 5 rings (SSSR count). The van der Waals surface area contributed by atoms with Gasteiger partial charge in [0.2, 0.25) is 11.8 Å². The average Bonchev–Trinajstić information content (AvgIpc) is 3.01. The standard InChI is InChI=1S/C31H38F4N6O3Si/c1-45(2,3)14-13-44-28-16-24(31(33,34)35)23(20-36-28)29(42)39-26-15-22(25(32)17-27(26)40-7-5-4-6-8-40)21-18-37-30(38-19-21)41-9-11-43-12-10-41/h15-20H,4-14H2,1-3H3,(H,39,42). The number of anilines is 3. The van der Waals surface area contributed by atoms with E-state index < -0.39 is 37.1 Å². The van der Waals surface area contributed by atoms with Gasteiger partial charge in [0.25, 0.3) is 5.91 Å². The first-order chi connectivity index (χ1) is 21.4. The fourth-order valence-electron chi connectivity index (χ4n) is 5.25. The van der Waals surface area contributed by atoms with E-state index in [0.29, 0.717) is 56.6 Å². The number of hydrogen-bond acceptors (Lipinski definition) is 8. The third-order valence-corrected chi connectivity index (χ3v) is 9.51. The first kappa shape index (κ1) is 32.6. The van der Waals surface area contributed by atoms with E-state index in [2.05, 4.69) is 39.9 Å². The van der Waals surface area contributed by atoms with Crippen LogP contribution in [0.1, 0.15) is 35.2 Å². The summed E-state index contributed by atoms with van der Waals surface area (Å²) in [6.45, 7) is 10.3. The Kier molecular flexibility index (Phi) is 9.92. The van der Waals surface area contributed by atoms with E-state index >= 15 is 4.39 Å². The van der Waals surface area contributed by atoms with Gasteiger partial charge in [-0.15, -0.1) is 0 Å². The Balaban J connectivity index is 1.46. The molecule has 45 heavy (non-hydrogen) atoms. The highest BCUT2D eigenvalue weighted by atomic mass is 28.3. The van der Waals surface area contributed by atoms with Gasteiger partial charge in [0.1, 0.15) is 5.82 Å². The van der Waals surface area contributed by atoms with Gasteiger partial charge in [-0.2, -0.15) is 13.2 Å². The molecule has 2 aromatic heterocycles. The lowest BCUT2D eigenvalue weighted by Crippen LogP contribution is -2.37. The number of carbonyl (C=O) groups excluding carboxylic acids is 1. The van der Waals surface area contributed by atoms with Gasteiger partial charge in [-0.25, -0.2) is 19.3 Å². The number of rotatable bonds is 9. The number of nitrogens with one attached hydrogen (secondary N) is 1. The number of aromatic nitrogens is 3. The van der Waals surface area contributed by atoms with Gasteiger partial charge in [-0.05, 0) is 37.4 Å². The molecule has 242 valence electrons. The van der Waals surface area contributed by atoms with Gasteiger partial charge in [0.05, 0.1) is 42.3 Å². The van der Waals surface area contributed by atoms with Crippen molar-refractivity contribution in [1.29, 1.82) is 0 Å². The number of benzene rings is 1. The highest BCUT2D eigenvalue weighted by molar-refractivity contribution is 6.76. The third-order valence-electron chi connectivity index (χ3n) is 7.80. The summed E-state index contributed by atoms with van der Waals surface area (Å²) in [4.78, 5) is 30.2. The van der Waals surface area contributed by atoms with Crippen molar-refractivity contribution in [2.75, 3.05) is 61.1 Å². The summed E-state index contributed by atoms with van der Waals surface area (Å²) in [5, 5.41) is 2.63. The first-order valence-corrected chi connectivity index (χ1v) is 18.8. The van der Waals surface area contributed by atoms with Gasteiger partial charge in [0, 0.05) is 70.0 Å². The van der Waals surface area contributed by atoms with Gasteiger partial charge >= 0.3 is 6.18 Å². The monoisotopic (exact) mass is 646 g/mol. The van der Waals surface area contributed by atoms with E-state index in [4.69, 9.17) is 9.47 Å². The molecular formula is C31H38F4N6O3Si. The van der Waals surface area contributed by atoms with E-state index in [9.17, 15) is 18.0 Å². The zero-order chi connectivity index (χ0) is 32.2. The molecule has 2 saturated heterocycles. The Bertz CT molecular complexity index is 1490. The summed E-state index contributed by atoms with van der Waals surface area (Å²) in [6, 6.07) is 4.24. The molecule has 2 aliphatic heterocycles. The van der Waals surface area contributed by atoms with E-state index in [1.54, 1.807) is 0 Å². The van der Waals surface area contributed by atoms with Gasteiger partial charge in [-0.3, -0.25) is 4.79 Å². The summed E-state index contributed by atoms with van der Waals surface area (Å²) in [5.41, 5.74) is -0.773. The number of alkyl halides is 3. The maximum Gasteiger partial charge on any atom is 0.417 e. The van der Waals surface area contributed by atoms with E-state index in [0.717, 1.165) is 37.6 Å². The molecule has 0 radical (unpaired) electrons. The van der Waals surface area contributed by atoms with Crippen molar-refractivity contribution in [3.8, 4) is 17.0 Å². The molecule has 1 amide bonds. The van der Waals surface area contributed by atoms with E-state index in [1.807, 2.05) is 9.80 Å². The van der Waals surface area contributed by atoms with Crippen LogP contribution in [-0.4, -0.2) is 74.9 Å². The largest absolute Gasteiger partial charge is 0.478 e. The summed E-state index contributed by atoms with van der Waals surface area (Å²) < 4.78 is 69.0. The number of halogens is 4. The maximum atomic E-state index is 15.6. The van der Waals surface area contributed by atoms with Crippen LogP contribution in [0.25, 0.3) is 11.1 Å². The van der Waals surface area contributed by atoms with Gasteiger partial charge in [0.15, 0.2) is 0 Å². The first-order valence-electron chi connectivity index (χ1n) is 15.1. The lowest BCUT2D eigenvalue weighted by atomic mass is 10.0. The molecule has 1 N–H and O–H groups in total. The second-order valence-corrected chi connectivity index (χ2v) is 18.1. The second kappa shape index (κ2) is 13.7. The van der Waals surface area contributed by atoms with Crippen molar-refractivity contribution < 1.29 is 31.8 Å². The van der Waals surface area contributed by atoms with Crippen molar-refractivity contribution in [3.63, 3.8) is 0 Å². The lowest BCUT2D eigenvalue weighted by Gasteiger charge is -2.31. The smallest absolute Gasteiger partial charge is 0.417 e. The molecule has 2 aliphatic rings. The number of nitrogens with zero attached hydrogens (tertiary/aromatic N) is 5. The Morgan fingerprint density at radius 2 is 1.64 bits per heavy atom. The van der Waals surface area contributed by atoms with Crippen LogP contribution >= 0.6 is 0 Å². The van der Waals surface area contributed by atoms with Crippen molar-refractivity contribution in [2.24, 2.45) is 0 Å². The minimum absolute atomic E-state index is 0.111. The second-order valence-electron chi connectivity index (χ2n) is 12.4. The van der Waals surface area contributed by atoms with Crippen molar-refractivity contribution in [1.82, 2.24) is 15.0 Å². The van der Waals surface area contributed by atoms with E-state index in [1.165, 1.54) is 24.5 Å². The fraction of sp³-hybridized carbons (Fsp3) is 0.484. The molecule has 2 fully saturated rings. The lowest BCUT2D eigenvalue weighted by molar-refractivity contribution is -0.138. The number of ether oxygens (including phenoxy) is 2. The summed E-state index contributed by atoms with van der Waals surface area (Å²) >= 11 is 0. The average molecular weight is 647 g/mol. The molecule has 9 nitrogen and oxygen atoms in total. The highest BCUT2D eigenvalue weighted by Gasteiger charge is 2.37. The zero-order valence-corrected chi connectivity index (χ0v) is 26.7.